The van der Waals surface area contributed by atoms with Crippen LogP contribution in [0.4, 0.5) is 4.79 Å². The number of halogens is 1. The van der Waals surface area contributed by atoms with Crippen LogP contribution in [0.1, 0.15) is 25.8 Å². The number of carbonyl (C=O) groups is 2. The molecule has 1 heterocycles. The molecule has 21 heavy (non-hydrogen) atoms. The van der Waals surface area contributed by atoms with E-state index in [1.54, 1.807) is 4.90 Å². The summed E-state index contributed by atoms with van der Waals surface area (Å²) in [6, 6.07) is 7.60. The Morgan fingerprint density at radius 3 is 2.86 bits per heavy atom. The van der Waals surface area contributed by atoms with Gasteiger partial charge in [-0.3, -0.25) is 4.79 Å². The van der Waals surface area contributed by atoms with Crippen LogP contribution in [-0.4, -0.2) is 35.5 Å². The fourth-order valence-corrected chi connectivity index (χ4v) is 2.84. The molecule has 3 amide bonds. The average Bonchev–Trinajstić information content (AvgIpc) is 2.77. The largest absolute Gasteiger partial charge is 0.338 e. The number of urea groups is 1. The fraction of sp³-hybridized carbons (Fsp3) is 0.467. The SMILES string of the molecule is CC(C)N1CC(NC(=O)NCc2cccc(Br)c2)CC1=O. The van der Waals surface area contributed by atoms with Gasteiger partial charge in [-0.25, -0.2) is 4.79 Å². The van der Waals surface area contributed by atoms with Gasteiger partial charge in [-0.1, -0.05) is 28.1 Å². The summed E-state index contributed by atoms with van der Waals surface area (Å²) in [5, 5.41) is 5.67. The van der Waals surface area contributed by atoms with E-state index in [-0.39, 0.29) is 24.0 Å². The van der Waals surface area contributed by atoms with Crippen LogP contribution in [0.3, 0.4) is 0 Å². The molecule has 114 valence electrons. The van der Waals surface area contributed by atoms with Crippen LogP contribution in [0.5, 0.6) is 0 Å². The minimum Gasteiger partial charge on any atom is -0.338 e. The van der Waals surface area contributed by atoms with Crippen molar-refractivity contribution in [3.63, 3.8) is 0 Å². The second-order valence-electron chi connectivity index (χ2n) is 5.50. The van der Waals surface area contributed by atoms with Crippen molar-refractivity contribution in [1.82, 2.24) is 15.5 Å². The molecule has 1 unspecified atom stereocenters. The lowest BCUT2D eigenvalue weighted by Crippen LogP contribution is -2.43. The van der Waals surface area contributed by atoms with E-state index in [0.717, 1.165) is 10.0 Å². The van der Waals surface area contributed by atoms with E-state index in [0.29, 0.717) is 19.5 Å². The van der Waals surface area contributed by atoms with Gasteiger partial charge < -0.3 is 15.5 Å². The second-order valence-corrected chi connectivity index (χ2v) is 6.41. The van der Waals surface area contributed by atoms with E-state index in [4.69, 9.17) is 0 Å². The molecule has 1 atom stereocenters. The first-order valence-corrected chi connectivity index (χ1v) is 7.83. The van der Waals surface area contributed by atoms with Crippen LogP contribution >= 0.6 is 15.9 Å². The lowest BCUT2D eigenvalue weighted by molar-refractivity contribution is -0.129. The molecule has 0 radical (unpaired) electrons. The summed E-state index contributed by atoms with van der Waals surface area (Å²) in [5.74, 6) is 0.0993. The number of rotatable bonds is 4. The van der Waals surface area contributed by atoms with Gasteiger partial charge in [-0.05, 0) is 31.5 Å². The third-order valence-corrected chi connectivity index (χ3v) is 3.95. The van der Waals surface area contributed by atoms with Crippen LogP contribution in [0.2, 0.25) is 0 Å². The average molecular weight is 354 g/mol. The number of hydrogen-bond donors (Lipinski definition) is 2. The Labute approximate surface area is 133 Å². The topological polar surface area (TPSA) is 61.4 Å². The van der Waals surface area contributed by atoms with Crippen molar-refractivity contribution in [3.8, 4) is 0 Å². The lowest BCUT2D eigenvalue weighted by atomic mass is 10.2. The molecule has 2 rings (SSSR count). The number of amides is 3. The van der Waals surface area contributed by atoms with E-state index in [1.165, 1.54) is 0 Å². The van der Waals surface area contributed by atoms with Gasteiger partial charge >= 0.3 is 6.03 Å². The Balaban J connectivity index is 1.79. The van der Waals surface area contributed by atoms with E-state index < -0.39 is 0 Å². The van der Waals surface area contributed by atoms with Gasteiger partial charge in [0.25, 0.3) is 0 Å². The molecule has 1 aliphatic rings. The van der Waals surface area contributed by atoms with Gasteiger partial charge in [0.05, 0.1) is 6.04 Å². The number of benzene rings is 1. The van der Waals surface area contributed by atoms with Crippen LogP contribution in [0.15, 0.2) is 28.7 Å². The van der Waals surface area contributed by atoms with Crippen LogP contribution < -0.4 is 10.6 Å². The van der Waals surface area contributed by atoms with Crippen LogP contribution in [0.25, 0.3) is 0 Å². The molecule has 0 aromatic heterocycles. The van der Waals surface area contributed by atoms with E-state index in [1.807, 2.05) is 38.1 Å². The van der Waals surface area contributed by atoms with Crippen LogP contribution in [0, 0.1) is 0 Å². The third kappa shape index (κ3) is 4.46. The smallest absolute Gasteiger partial charge is 0.315 e. The highest BCUT2D eigenvalue weighted by Crippen LogP contribution is 2.14. The maximum absolute atomic E-state index is 11.9. The molecule has 1 aliphatic heterocycles. The van der Waals surface area contributed by atoms with Crippen molar-refractivity contribution in [2.24, 2.45) is 0 Å². The molecule has 0 aliphatic carbocycles. The molecule has 5 nitrogen and oxygen atoms in total. The summed E-state index contributed by atoms with van der Waals surface area (Å²) < 4.78 is 0.983. The molecular weight excluding hydrogens is 334 g/mol. The first-order valence-electron chi connectivity index (χ1n) is 7.04. The Morgan fingerprint density at radius 2 is 2.24 bits per heavy atom. The van der Waals surface area contributed by atoms with Crippen molar-refractivity contribution < 1.29 is 9.59 Å². The monoisotopic (exact) mass is 353 g/mol. The van der Waals surface area contributed by atoms with Crippen molar-refractivity contribution >= 4 is 27.9 Å². The first kappa shape index (κ1) is 15.8. The summed E-state index contributed by atoms with van der Waals surface area (Å²) in [6.45, 7) is 5.00. The summed E-state index contributed by atoms with van der Waals surface area (Å²) >= 11 is 3.40. The molecule has 0 bridgehead atoms. The quantitative estimate of drug-likeness (QED) is 0.871. The predicted octanol–water partition coefficient (Wildman–Crippen LogP) is 2.26. The minimum atomic E-state index is -0.238. The van der Waals surface area contributed by atoms with Gasteiger partial charge in [0, 0.05) is 30.0 Å². The zero-order valence-electron chi connectivity index (χ0n) is 12.2. The molecule has 0 spiro atoms. The fourth-order valence-electron chi connectivity index (χ4n) is 2.39. The second kappa shape index (κ2) is 6.93. The normalized spacial score (nSPS) is 18.2. The zero-order valence-corrected chi connectivity index (χ0v) is 13.8. The van der Waals surface area contributed by atoms with E-state index >= 15 is 0 Å². The van der Waals surface area contributed by atoms with Crippen molar-refractivity contribution in [1.29, 1.82) is 0 Å². The van der Waals surface area contributed by atoms with Gasteiger partial charge in [-0.15, -0.1) is 0 Å². The van der Waals surface area contributed by atoms with Crippen LogP contribution in [-0.2, 0) is 11.3 Å². The van der Waals surface area contributed by atoms with Crippen molar-refractivity contribution in [3.05, 3.63) is 34.3 Å². The van der Waals surface area contributed by atoms with Crippen molar-refractivity contribution in [2.45, 2.75) is 38.9 Å². The molecule has 1 saturated heterocycles. The molecule has 1 aromatic rings. The van der Waals surface area contributed by atoms with Gasteiger partial charge in [0.1, 0.15) is 0 Å². The molecule has 2 N–H and O–H groups in total. The summed E-state index contributed by atoms with van der Waals surface area (Å²) in [6.07, 6.45) is 0.377. The third-order valence-electron chi connectivity index (χ3n) is 3.46. The van der Waals surface area contributed by atoms with Gasteiger partial charge in [-0.2, -0.15) is 0 Å². The standard InChI is InChI=1S/C15H20BrN3O2/c1-10(2)19-9-13(7-14(19)20)18-15(21)17-8-11-4-3-5-12(16)6-11/h3-6,10,13H,7-9H2,1-2H3,(H2,17,18,21). The highest BCUT2D eigenvalue weighted by molar-refractivity contribution is 9.10. The summed E-state index contributed by atoms with van der Waals surface area (Å²) in [4.78, 5) is 25.4. The molecule has 1 aromatic carbocycles. The Kier molecular flexibility index (Phi) is 5.22. The maximum Gasteiger partial charge on any atom is 0.315 e. The highest BCUT2D eigenvalue weighted by Gasteiger charge is 2.31. The number of carbonyl (C=O) groups excluding carboxylic acids is 2. The zero-order chi connectivity index (χ0) is 15.4. The number of hydrogen-bond acceptors (Lipinski definition) is 2. The number of nitrogens with zero attached hydrogens (tertiary/aromatic N) is 1. The molecular formula is C15H20BrN3O2. The van der Waals surface area contributed by atoms with E-state index in [2.05, 4.69) is 26.6 Å². The Morgan fingerprint density at radius 1 is 1.48 bits per heavy atom. The number of nitrogens with one attached hydrogen (secondary N) is 2. The molecule has 1 fully saturated rings. The molecule has 6 heteroatoms. The Hall–Kier alpha value is -1.56. The predicted molar refractivity (Wildman–Crippen MR) is 84.8 cm³/mol. The summed E-state index contributed by atoms with van der Waals surface area (Å²) in [7, 11) is 0. The van der Waals surface area contributed by atoms with Gasteiger partial charge in [0.2, 0.25) is 5.91 Å². The highest BCUT2D eigenvalue weighted by atomic mass is 79.9. The molecule has 0 saturated carbocycles. The lowest BCUT2D eigenvalue weighted by Gasteiger charge is -2.21. The maximum atomic E-state index is 11.9. The van der Waals surface area contributed by atoms with Gasteiger partial charge in [0.15, 0.2) is 0 Å². The van der Waals surface area contributed by atoms with Crippen molar-refractivity contribution in [2.75, 3.05) is 6.54 Å². The van der Waals surface area contributed by atoms with E-state index in [9.17, 15) is 9.59 Å². The first-order chi connectivity index (χ1) is 9.95. The number of likely N-dealkylation sites (tertiary alicyclic amines) is 1. The minimum absolute atomic E-state index is 0.0993. The summed E-state index contributed by atoms with van der Waals surface area (Å²) in [5.41, 5.74) is 1.02. The Bertz CT molecular complexity index is 533.